The number of fused-ring (bicyclic) bond motifs is 3. The Bertz CT molecular complexity index is 534. The van der Waals surface area contributed by atoms with Crippen LogP contribution in [0.2, 0.25) is 0 Å². The summed E-state index contributed by atoms with van der Waals surface area (Å²) in [6.07, 6.45) is 7.68. The third kappa shape index (κ3) is 1.71. The monoisotopic (exact) mass is 270 g/mol. The van der Waals surface area contributed by atoms with Crippen LogP contribution in [0.5, 0.6) is 0 Å². The van der Waals surface area contributed by atoms with Crippen LogP contribution in [0.15, 0.2) is 36.0 Å². The summed E-state index contributed by atoms with van der Waals surface area (Å²) in [6.45, 7) is 15.2. The highest BCUT2D eigenvalue weighted by molar-refractivity contribution is 5.96. The number of hydrogen-bond acceptors (Lipinski definition) is 1. The molecule has 0 bridgehead atoms. The molecule has 0 aliphatic heterocycles. The average molecular weight is 270 g/mol. The van der Waals surface area contributed by atoms with E-state index in [9.17, 15) is 4.79 Å². The SMILES string of the molecule is C=C1CC[C@H]2C(=CC(=O)[C@H]3C(C)(C)CCC[C@]23C)C1=C. The van der Waals surface area contributed by atoms with Gasteiger partial charge in [0.15, 0.2) is 5.78 Å². The second-order valence-corrected chi connectivity index (χ2v) is 7.96. The lowest BCUT2D eigenvalue weighted by Gasteiger charge is -2.57. The van der Waals surface area contributed by atoms with Crippen LogP contribution in [-0.2, 0) is 4.79 Å². The van der Waals surface area contributed by atoms with Crippen molar-refractivity contribution in [3.63, 3.8) is 0 Å². The molecule has 0 saturated heterocycles. The maximum Gasteiger partial charge on any atom is 0.160 e. The van der Waals surface area contributed by atoms with Crippen molar-refractivity contribution in [2.75, 3.05) is 0 Å². The predicted octanol–water partition coefficient (Wildman–Crippen LogP) is 4.85. The first-order valence-corrected chi connectivity index (χ1v) is 7.90. The van der Waals surface area contributed by atoms with Crippen LogP contribution in [0.25, 0.3) is 0 Å². The molecule has 3 rings (SSSR count). The van der Waals surface area contributed by atoms with Gasteiger partial charge in [-0.05, 0) is 65.2 Å². The molecule has 0 unspecified atom stereocenters. The van der Waals surface area contributed by atoms with Gasteiger partial charge in [-0.3, -0.25) is 4.79 Å². The molecule has 3 atom stereocenters. The molecule has 0 aromatic rings. The molecule has 3 aliphatic rings. The Morgan fingerprint density at radius 3 is 2.60 bits per heavy atom. The summed E-state index contributed by atoms with van der Waals surface area (Å²) < 4.78 is 0. The highest BCUT2D eigenvalue weighted by atomic mass is 16.1. The summed E-state index contributed by atoms with van der Waals surface area (Å²) in [6, 6.07) is 0. The number of rotatable bonds is 0. The van der Waals surface area contributed by atoms with E-state index in [-0.39, 0.29) is 16.7 Å². The second-order valence-electron chi connectivity index (χ2n) is 7.96. The molecule has 0 aromatic carbocycles. The van der Waals surface area contributed by atoms with Gasteiger partial charge in [-0.1, -0.05) is 40.3 Å². The number of ketones is 1. The third-order valence-electron chi connectivity index (χ3n) is 6.24. The van der Waals surface area contributed by atoms with Gasteiger partial charge in [-0.15, -0.1) is 0 Å². The highest BCUT2D eigenvalue weighted by Crippen LogP contribution is 2.61. The molecule has 0 aromatic heterocycles. The predicted molar refractivity (Wildman–Crippen MR) is 83.3 cm³/mol. The van der Waals surface area contributed by atoms with E-state index in [1.54, 1.807) is 0 Å². The van der Waals surface area contributed by atoms with Gasteiger partial charge in [0.2, 0.25) is 0 Å². The maximum absolute atomic E-state index is 12.8. The molecule has 0 amide bonds. The van der Waals surface area contributed by atoms with Crippen molar-refractivity contribution >= 4 is 5.78 Å². The van der Waals surface area contributed by atoms with E-state index in [0.29, 0.717) is 11.7 Å². The van der Waals surface area contributed by atoms with E-state index in [0.717, 1.165) is 24.0 Å². The van der Waals surface area contributed by atoms with Gasteiger partial charge in [-0.2, -0.15) is 0 Å². The van der Waals surface area contributed by atoms with E-state index < -0.39 is 0 Å². The van der Waals surface area contributed by atoms with E-state index in [4.69, 9.17) is 0 Å². The first-order chi connectivity index (χ1) is 9.27. The minimum absolute atomic E-state index is 0.118. The van der Waals surface area contributed by atoms with Crippen molar-refractivity contribution in [1.29, 1.82) is 0 Å². The highest BCUT2D eigenvalue weighted by Gasteiger charge is 2.56. The minimum atomic E-state index is 0.118. The van der Waals surface area contributed by atoms with Gasteiger partial charge < -0.3 is 0 Å². The Hall–Kier alpha value is -1.11. The first-order valence-electron chi connectivity index (χ1n) is 7.90. The second kappa shape index (κ2) is 4.19. The Morgan fingerprint density at radius 2 is 1.90 bits per heavy atom. The van der Waals surface area contributed by atoms with Crippen molar-refractivity contribution in [3.8, 4) is 0 Å². The molecule has 1 nitrogen and oxygen atoms in total. The fourth-order valence-electron chi connectivity index (χ4n) is 5.34. The zero-order valence-corrected chi connectivity index (χ0v) is 13.1. The molecule has 0 N–H and O–H groups in total. The largest absolute Gasteiger partial charge is 0.294 e. The summed E-state index contributed by atoms with van der Waals surface area (Å²) in [5.74, 6) is 1.01. The lowest BCUT2D eigenvalue weighted by Crippen LogP contribution is -2.53. The third-order valence-corrected chi connectivity index (χ3v) is 6.24. The molecule has 108 valence electrons. The van der Waals surface area contributed by atoms with Crippen LogP contribution in [-0.4, -0.2) is 5.78 Å². The summed E-state index contributed by atoms with van der Waals surface area (Å²) in [5.41, 5.74) is 3.60. The average Bonchev–Trinajstić information content (AvgIpc) is 2.33. The molecular weight excluding hydrogens is 244 g/mol. The van der Waals surface area contributed by atoms with E-state index in [1.165, 1.54) is 24.8 Å². The number of hydrogen-bond donors (Lipinski definition) is 0. The normalized spacial score (nSPS) is 40.0. The van der Waals surface area contributed by atoms with Crippen LogP contribution in [0, 0.1) is 22.7 Å². The molecule has 2 saturated carbocycles. The number of allylic oxidation sites excluding steroid dienone is 4. The van der Waals surface area contributed by atoms with Gasteiger partial charge in [0.25, 0.3) is 0 Å². The Balaban J connectivity index is 2.13. The molecule has 0 radical (unpaired) electrons. The fourth-order valence-corrected chi connectivity index (χ4v) is 5.34. The molecule has 20 heavy (non-hydrogen) atoms. The van der Waals surface area contributed by atoms with Crippen LogP contribution in [0.4, 0.5) is 0 Å². The molecule has 0 heterocycles. The molecule has 3 aliphatic carbocycles. The summed E-state index contributed by atoms with van der Waals surface area (Å²) in [4.78, 5) is 12.8. The van der Waals surface area contributed by atoms with Crippen molar-refractivity contribution in [1.82, 2.24) is 0 Å². The number of carbonyl (C=O) groups is 1. The quantitative estimate of drug-likeness (QED) is 0.615. The Labute approximate surface area is 122 Å². The summed E-state index contributed by atoms with van der Waals surface area (Å²) >= 11 is 0. The van der Waals surface area contributed by atoms with Gasteiger partial charge in [-0.25, -0.2) is 0 Å². The van der Waals surface area contributed by atoms with E-state index >= 15 is 0 Å². The van der Waals surface area contributed by atoms with Crippen molar-refractivity contribution in [2.45, 2.75) is 52.9 Å². The Kier molecular flexibility index (Phi) is 2.90. The van der Waals surface area contributed by atoms with E-state index in [2.05, 4.69) is 33.9 Å². The lowest BCUT2D eigenvalue weighted by atomic mass is 9.46. The van der Waals surface area contributed by atoms with Gasteiger partial charge in [0.05, 0.1) is 0 Å². The molecule has 0 spiro atoms. The standard InChI is InChI=1S/C19H26O/c1-12-7-8-15-14(13(12)2)11-16(20)17-18(3,4)9-6-10-19(15,17)5/h11,15,17H,1-2,6-10H2,3-5H3/t15-,17-,19+/m0/s1. The molecule has 1 heteroatoms. The molecular formula is C19H26O. The fraction of sp³-hybridized carbons (Fsp3) is 0.632. The van der Waals surface area contributed by atoms with E-state index in [1.807, 2.05) is 6.08 Å². The van der Waals surface area contributed by atoms with Crippen LogP contribution in [0.3, 0.4) is 0 Å². The van der Waals surface area contributed by atoms with Crippen LogP contribution in [0.1, 0.15) is 52.9 Å². The number of carbonyl (C=O) groups excluding carboxylic acids is 1. The van der Waals surface area contributed by atoms with Crippen molar-refractivity contribution in [3.05, 3.63) is 36.0 Å². The van der Waals surface area contributed by atoms with Crippen LogP contribution >= 0.6 is 0 Å². The summed E-state index contributed by atoms with van der Waals surface area (Å²) in [5, 5.41) is 0. The van der Waals surface area contributed by atoms with Crippen LogP contribution < -0.4 is 0 Å². The zero-order valence-electron chi connectivity index (χ0n) is 13.1. The van der Waals surface area contributed by atoms with Crippen molar-refractivity contribution in [2.24, 2.45) is 22.7 Å². The van der Waals surface area contributed by atoms with Gasteiger partial charge in [0, 0.05) is 5.92 Å². The van der Waals surface area contributed by atoms with Crippen molar-refractivity contribution < 1.29 is 4.79 Å². The van der Waals surface area contributed by atoms with Gasteiger partial charge >= 0.3 is 0 Å². The maximum atomic E-state index is 12.8. The topological polar surface area (TPSA) is 17.1 Å². The van der Waals surface area contributed by atoms with Gasteiger partial charge in [0.1, 0.15) is 0 Å². The smallest absolute Gasteiger partial charge is 0.160 e. The first kappa shape index (κ1) is 13.9. The lowest BCUT2D eigenvalue weighted by molar-refractivity contribution is -0.136. The zero-order chi connectivity index (χ0) is 14.7. The summed E-state index contributed by atoms with van der Waals surface area (Å²) in [7, 11) is 0. The Morgan fingerprint density at radius 1 is 1.20 bits per heavy atom. The molecule has 2 fully saturated rings. The minimum Gasteiger partial charge on any atom is -0.294 e.